The molecule has 1 aromatic rings. The van der Waals surface area contributed by atoms with Crippen LogP contribution in [0.1, 0.15) is 37.0 Å². The minimum Gasteiger partial charge on any atom is -0.481 e. The molecule has 116 valence electrons. The first-order chi connectivity index (χ1) is 9.79. The Labute approximate surface area is 122 Å². The van der Waals surface area contributed by atoms with Crippen LogP contribution in [0.15, 0.2) is 18.2 Å². The molecule has 0 aromatic heterocycles. The Morgan fingerprint density at radius 3 is 2.43 bits per heavy atom. The number of carboxylic acid groups (broad SMARTS) is 1. The molecule has 1 rings (SSSR count). The van der Waals surface area contributed by atoms with Crippen LogP contribution in [-0.2, 0) is 4.79 Å². The van der Waals surface area contributed by atoms with Crippen LogP contribution in [0.5, 0.6) is 0 Å². The predicted octanol–water partition coefficient (Wildman–Crippen LogP) is 2.83. The van der Waals surface area contributed by atoms with Gasteiger partial charge < -0.3 is 10.4 Å². The minimum absolute atomic E-state index is 0.00696. The molecule has 0 aliphatic heterocycles. The summed E-state index contributed by atoms with van der Waals surface area (Å²) in [4.78, 5) is 22.6. The van der Waals surface area contributed by atoms with Crippen molar-refractivity contribution in [2.24, 2.45) is 11.8 Å². The van der Waals surface area contributed by atoms with Gasteiger partial charge in [0.25, 0.3) is 5.91 Å². The van der Waals surface area contributed by atoms with E-state index in [0.29, 0.717) is 12.3 Å². The summed E-state index contributed by atoms with van der Waals surface area (Å²) in [7, 11) is 0. The van der Waals surface area contributed by atoms with Gasteiger partial charge in [-0.3, -0.25) is 9.59 Å². The molecule has 0 saturated heterocycles. The Morgan fingerprint density at radius 1 is 1.24 bits per heavy atom. The number of rotatable bonds is 7. The van der Waals surface area contributed by atoms with Gasteiger partial charge in [-0.05, 0) is 36.5 Å². The maximum atomic E-state index is 13.0. The number of hydrogen-bond donors (Lipinski definition) is 2. The van der Waals surface area contributed by atoms with E-state index in [2.05, 4.69) is 5.32 Å². The van der Waals surface area contributed by atoms with Crippen LogP contribution in [0.4, 0.5) is 8.78 Å². The Balaban J connectivity index is 2.63. The van der Waals surface area contributed by atoms with Crippen LogP contribution < -0.4 is 5.32 Å². The van der Waals surface area contributed by atoms with Gasteiger partial charge in [-0.2, -0.15) is 0 Å². The minimum atomic E-state index is -1.09. The number of amides is 1. The lowest BCUT2D eigenvalue weighted by Gasteiger charge is -2.17. The molecule has 1 amide bonds. The van der Waals surface area contributed by atoms with E-state index in [0.717, 1.165) is 12.1 Å². The molecule has 6 heteroatoms. The number of benzene rings is 1. The fraction of sp³-hybridized carbons (Fsp3) is 0.467. The van der Waals surface area contributed by atoms with E-state index < -0.39 is 23.5 Å². The number of carboxylic acids is 1. The molecule has 21 heavy (non-hydrogen) atoms. The number of aliphatic carboxylic acids is 1. The van der Waals surface area contributed by atoms with Crippen LogP contribution in [-0.4, -0.2) is 23.5 Å². The van der Waals surface area contributed by atoms with E-state index in [1.165, 1.54) is 6.07 Å². The normalized spacial score (nSPS) is 12.2. The monoisotopic (exact) mass is 299 g/mol. The summed E-state index contributed by atoms with van der Waals surface area (Å²) in [5.74, 6) is -3.48. The highest BCUT2D eigenvalue weighted by molar-refractivity contribution is 5.94. The Morgan fingerprint density at radius 2 is 1.90 bits per heavy atom. The van der Waals surface area contributed by atoms with E-state index in [1.54, 1.807) is 0 Å². The van der Waals surface area contributed by atoms with Crippen LogP contribution in [0.25, 0.3) is 0 Å². The van der Waals surface area contributed by atoms with Gasteiger partial charge in [-0.25, -0.2) is 8.78 Å². The fourth-order valence-electron chi connectivity index (χ4n) is 2.13. The largest absolute Gasteiger partial charge is 0.481 e. The highest BCUT2D eigenvalue weighted by Crippen LogP contribution is 2.15. The topological polar surface area (TPSA) is 66.4 Å². The highest BCUT2D eigenvalue weighted by Gasteiger charge is 2.17. The highest BCUT2D eigenvalue weighted by atomic mass is 19.2. The Bertz CT molecular complexity index is 518. The average molecular weight is 299 g/mol. The molecule has 1 atom stereocenters. The summed E-state index contributed by atoms with van der Waals surface area (Å²) in [6, 6.07) is 2.88. The van der Waals surface area contributed by atoms with Crippen molar-refractivity contribution in [3.05, 3.63) is 35.4 Å². The number of carbonyl (C=O) groups is 2. The van der Waals surface area contributed by atoms with Crippen molar-refractivity contribution in [3.8, 4) is 0 Å². The van der Waals surface area contributed by atoms with Crippen LogP contribution >= 0.6 is 0 Å². The average Bonchev–Trinajstić information content (AvgIpc) is 2.37. The maximum Gasteiger partial charge on any atom is 0.303 e. The molecular formula is C15H19F2NO3. The Kier molecular flexibility index (Phi) is 6.27. The molecular weight excluding hydrogens is 280 g/mol. The number of nitrogens with one attached hydrogen (secondary N) is 1. The van der Waals surface area contributed by atoms with Gasteiger partial charge in [0.2, 0.25) is 0 Å². The summed E-state index contributed by atoms with van der Waals surface area (Å²) in [6.07, 6.45) is 0.612. The van der Waals surface area contributed by atoms with Crippen molar-refractivity contribution < 1.29 is 23.5 Å². The third-order valence-electron chi connectivity index (χ3n) is 3.00. The standard InChI is InChI=1S/C15H19F2NO3/c1-9(2)5-10(6-14(19)20)8-18-15(21)11-3-4-12(16)13(17)7-11/h3-4,7,9-10H,5-6,8H2,1-2H3,(H,18,21)(H,19,20)/t10-/m0/s1. The van der Waals surface area contributed by atoms with Crippen LogP contribution in [0.2, 0.25) is 0 Å². The molecule has 0 saturated carbocycles. The SMILES string of the molecule is CC(C)C[C@H](CNC(=O)c1ccc(F)c(F)c1)CC(=O)O. The molecule has 0 radical (unpaired) electrons. The summed E-state index contributed by atoms with van der Waals surface area (Å²) in [6.45, 7) is 4.11. The van der Waals surface area contributed by atoms with E-state index >= 15 is 0 Å². The van der Waals surface area contributed by atoms with Crippen LogP contribution in [0.3, 0.4) is 0 Å². The van der Waals surface area contributed by atoms with E-state index in [4.69, 9.17) is 5.11 Å². The van der Waals surface area contributed by atoms with Crippen molar-refractivity contribution in [1.29, 1.82) is 0 Å². The summed E-state index contributed by atoms with van der Waals surface area (Å²) >= 11 is 0. The zero-order valence-corrected chi connectivity index (χ0v) is 12.0. The third-order valence-corrected chi connectivity index (χ3v) is 3.00. The van der Waals surface area contributed by atoms with E-state index in [-0.39, 0.29) is 24.4 Å². The first-order valence-electron chi connectivity index (χ1n) is 6.74. The number of carbonyl (C=O) groups excluding carboxylic acids is 1. The lowest BCUT2D eigenvalue weighted by Crippen LogP contribution is -2.31. The summed E-state index contributed by atoms with van der Waals surface area (Å²) in [5.41, 5.74) is 0.00696. The van der Waals surface area contributed by atoms with Gasteiger partial charge in [0.15, 0.2) is 11.6 Å². The van der Waals surface area contributed by atoms with E-state index in [1.807, 2.05) is 13.8 Å². The second-order valence-corrected chi connectivity index (χ2v) is 5.43. The lowest BCUT2D eigenvalue weighted by molar-refractivity contribution is -0.138. The maximum absolute atomic E-state index is 13.0. The van der Waals surface area contributed by atoms with Crippen molar-refractivity contribution in [1.82, 2.24) is 5.32 Å². The van der Waals surface area contributed by atoms with Crippen molar-refractivity contribution in [2.75, 3.05) is 6.54 Å². The molecule has 0 aliphatic carbocycles. The number of halogens is 2. The molecule has 1 aromatic carbocycles. The summed E-state index contributed by atoms with van der Waals surface area (Å²) < 4.78 is 25.8. The van der Waals surface area contributed by atoms with Gasteiger partial charge in [-0.1, -0.05) is 13.8 Å². The van der Waals surface area contributed by atoms with Gasteiger partial charge in [-0.15, -0.1) is 0 Å². The molecule has 0 heterocycles. The molecule has 2 N–H and O–H groups in total. The second-order valence-electron chi connectivity index (χ2n) is 5.43. The number of hydrogen-bond acceptors (Lipinski definition) is 2. The molecule has 0 unspecified atom stereocenters. The van der Waals surface area contributed by atoms with E-state index in [9.17, 15) is 18.4 Å². The van der Waals surface area contributed by atoms with Gasteiger partial charge in [0.05, 0.1) is 0 Å². The molecule has 0 spiro atoms. The first-order valence-corrected chi connectivity index (χ1v) is 6.74. The quantitative estimate of drug-likeness (QED) is 0.813. The first kappa shape index (κ1) is 17.1. The van der Waals surface area contributed by atoms with Crippen LogP contribution in [0, 0.1) is 23.5 Å². The smallest absolute Gasteiger partial charge is 0.303 e. The van der Waals surface area contributed by atoms with Crippen molar-refractivity contribution >= 4 is 11.9 Å². The molecule has 0 aliphatic rings. The van der Waals surface area contributed by atoms with Gasteiger partial charge in [0, 0.05) is 18.5 Å². The predicted molar refractivity (Wildman–Crippen MR) is 73.9 cm³/mol. The third kappa shape index (κ3) is 5.89. The molecule has 4 nitrogen and oxygen atoms in total. The Hall–Kier alpha value is -1.98. The van der Waals surface area contributed by atoms with Gasteiger partial charge in [0.1, 0.15) is 0 Å². The van der Waals surface area contributed by atoms with Crippen molar-refractivity contribution in [3.63, 3.8) is 0 Å². The zero-order chi connectivity index (χ0) is 16.0. The van der Waals surface area contributed by atoms with Crippen molar-refractivity contribution in [2.45, 2.75) is 26.7 Å². The van der Waals surface area contributed by atoms with Gasteiger partial charge >= 0.3 is 5.97 Å². The lowest BCUT2D eigenvalue weighted by atomic mass is 9.94. The molecule has 0 fully saturated rings. The summed E-state index contributed by atoms with van der Waals surface area (Å²) in [5, 5.41) is 11.4. The molecule has 0 bridgehead atoms. The zero-order valence-electron chi connectivity index (χ0n) is 12.0. The second kappa shape index (κ2) is 7.71. The fourth-order valence-corrected chi connectivity index (χ4v) is 2.13.